The third-order valence-electron chi connectivity index (χ3n) is 3.38. The summed E-state index contributed by atoms with van der Waals surface area (Å²) in [7, 11) is 0. The fourth-order valence-electron chi connectivity index (χ4n) is 2.12. The molecule has 0 saturated carbocycles. The molecular weight excluding hydrogens is 220 g/mol. The van der Waals surface area contributed by atoms with E-state index >= 15 is 0 Å². The lowest BCUT2D eigenvalue weighted by atomic mass is 9.93. The maximum Gasteiger partial charge on any atom is 0.193 e. The molecule has 18 heavy (non-hydrogen) atoms. The highest BCUT2D eigenvalue weighted by atomic mass is 16.1. The minimum Gasteiger partial charge on any atom is -0.289 e. The second-order valence-electron chi connectivity index (χ2n) is 4.64. The molecule has 1 nitrogen and oxygen atoms in total. The summed E-state index contributed by atoms with van der Waals surface area (Å²) >= 11 is 0. The Labute approximate surface area is 108 Å². The fourth-order valence-corrected chi connectivity index (χ4v) is 2.12. The summed E-state index contributed by atoms with van der Waals surface area (Å²) in [6.45, 7) is 6.23. The zero-order valence-corrected chi connectivity index (χ0v) is 11.2. The van der Waals surface area contributed by atoms with E-state index in [0.29, 0.717) is 0 Å². The van der Waals surface area contributed by atoms with E-state index in [0.717, 1.165) is 23.1 Å². The van der Waals surface area contributed by atoms with Crippen molar-refractivity contribution in [3.8, 4) is 0 Å². The molecule has 0 radical (unpaired) electrons. The highest BCUT2D eigenvalue weighted by molar-refractivity contribution is 6.10. The van der Waals surface area contributed by atoms with Gasteiger partial charge in [-0.05, 0) is 43.0 Å². The van der Waals surface area contributed by atoms with E-state index in [4.69, 9.17) is 0 Å². The van der Waals surface area contributed by atoms with Crippen molar-refractivity contribution in [3.63, 3.8) is 0 Å². The van der Waals surface area contributed by atoms with E-state index in [9.17, 15) is 4.79 Å². The van der Waals surface area contributed by atoms with Crippen LogP contribution in [0, 0.1) is 13.8 Å². The zero-order valence-electron chi connectivity index (χ0n) is 11.2. The first kappa shape index (κ1) is 12.6. The molecule has 0 atom stereocenters. The molecule has 2 aromatic carbocycles. The molecule has 0 unspecified atom stereocenters. The van der Waals surface area contributed by atoms with Crippen LogP contribution in [0.2, 0.25) is 0 Å². The lowest BCUT2D eigenvalue weighted by molar-refractivity contribution is 0.103. The molecule has 2 aromatic rings. The van der Waals surface area contributed by atoms with Crippen LogP contribution < -0.4 is 0 Å². The molecule has 0 amide bonds. The highest BCUT2D eigenvalue weighted by Gasteiger charge is 2.13. The molecule has 0 fully saturated rings. The second kappa shape index (κ2) is 5.18. The Morgan fingerprint density at radius 3 is 2.22 bits per heavy atom. The minimum absolute atomic E-state index is 0.121. The molecule has 0 spiro atoms. The Kier molecular flexibility index (Phi) is 3.61. The normalized spacial score (nSPS) is 10.4. The molecule has 1 heteroatoms. The van der Waals surface area contributed by atoms with Crippen molar-refractivity contribution >= 4 is 5.78 Å². The van der Waals surface area contributed by atoms with E-state index in [-0.39, 0.29) is 5.78 Å². The Morgan fingerprint density at radius 1 is 1.00 bits per heavy atom. The van der Waals surface area contributed by atoms with Gasteiger partial charge in [0.25, 0.3) is 0 Å². The van der Waals surface area contributed by atoms with E-state index < -0.39 is 0 Å². The van der Waals surface area contributed by atoms with Gasteiger partial charge in [-0.1, -0.05) is 43.3 Å². The van der Waals surface area contributed by atoms with Gasteiger partial charge in [-0.15, -0.1) is 0 Å². The summed E-state index contributed by atoms with van der Waals surface area (Å²) in [5, 5.41) is 0. The number of hydrogen-bond acceptors (Lipinski definition) is 1. The standard InChI is InChI=1S/C17H18O/c1-4-14-10-12(2)13(3)11-16(14)17(18)15-8-6-5-7-9-15/h5-11H,4H2,1-3H3. The Morgan fingerprint density at radius 2 is 1.61 bits per heavy atom. The van der Waals surface area contributed by atoms with Gasteiger partial charge in [0, 0.05) is 11.1 Å². The first-order valence-corrected chi connectivity index (χ1v) is 6.33. The van der Waals surface area contributed by atoms with Crippen LogP contribution >= 0.6 is 0 Å². The minimum atomic E-state index is 0.121. The Balaban J connectivity index is 2.51. The number of carbonyl (C=O) groups excluding carboxylic acids is 1. The first-order valence-electron chi connectivity index (χ1n) is 6.33. The summed E-state index contributed by atoms with van der Waals surface area (Å²) in [4.78, 5) is 12.5. The maximum absolute atomic E-state index is 12.5. The third-order valence-corrected chi connectivity index (χ3v) is 3.38. The maximum atomic E-state index is 12.5. The lowest BCUT2D eigenvalue weighted by Crippen LogP contribution is -2.06. The van der Waals surface area contributed by atoms with Crippen LogP contribution in [0.5, 0.6) is 0 Å². The Bertz CT molecular complexity index is 568. The van der Waals surface area contributed by atoms with Gasteiger partial charge in [-0.2, -0.15) is 0 Å². The van der Waals surface area contributed by atoms with Crippen LogP contribution in [0.15, 0.2) is 42.5 Å². The number of aryl methyl sites for hydroxylation is 3. The van der Waals surface area contributed by atoms with E-state index in [1.54, 1.807) is 0 Å². The van der Waals surface area contributed by atoms with Gasteiger partial charge in [0.1, 0.15) is 0 Å². The van der Waals surface area contributed by atoms with Gasteiger partial charge in [-0.3, -0.25) is 4.79 Å². The summed E-state index contributed by atoms with van der Waals surface area (Å²) in [6, 6.07) is 13.6. The molecule has 0 aromatic heterocycles. The smallest absolute Gasteiger partial charge is 0.193 e. The van der Waals surface area contributed by atoms with Crippen molar-refractivity contribution in [2.45, 2.75) is 27.2 Å². The summed E-state index contributed by atoms with van der Waals surface area (Å²) in [5.41, 5.74) is 5.15. The molecule has 2 rings (SSSR count). The topological polar surface area (TPSA) is 17.1 Å². The van der Waals surface area contributed by atoms with E-state index in [1.165, 1.54) is 11.1 Å². The average molecular weight is 238 g/mol. The van der Waals surface area contributed by atoms with Crippen LogP contribution in [0.3, 0.4) is 0 Å². The van der Waals surface area contributed by atoms with Crippen molar-refractivity contribution in [1.29, 1.82) is 0 Å². The zero-order chi connectivity index (χ0) is 13.1. The van der Waals surface area contributed by atoms with E-state index in [1.807, 2.05) is 36.4 Å². The van der Waals surface area contributed by atoms with Crippen molar-refractivity contribution in [1.82, 2.24) is 0 Å². The van der Waals surface area contributed by atoms with Crippen LogP contribution in [0.4, 0.5) is 0 Å². The van der Waals surface area contributed by atoms with Crippen molar-refractivity contribution < 1.29 is 4.79 Å². The summed E-state index contributed by atoms with van der Waals surface area (Å²) < 4.78 is 0. The van der Waals surface area contributed by atoms with Crippen molar-refractivity contribution in [3.05, 3.63) is 70.3 Å². The second-order valence-corrected chi connectivity index (χ2v) is 4.64. The van der Waals surface area contributed by atoms with Crippen LogP contribution in [0.1, 0.15) is 39.5 Å². The van der Waals surface area contributed by atoms with Gasteiger partial charge in [0.05, 0.1) is 0 Å². The van der Waals surface area contributed by atoms with Gasteiger partial charge < -0.3 is 0 Å². The molecule has 0 heterocycles. The lowest BCUT2D eigenvalue weighted by Gasteiger charge is -2.11. The van der Waals surface area contributed by atoms with Gasteiger partial charge in [0.2, 0.25) is 0 Å². The molecule has 0 aliphatic rings. The SMILES string of the molecule is CCc1cc(C)c(C)cc1C(=O)c1ccccc1. The van der Waals surface area contributed by atoms with Gasteiger partial charge >= 0.3 is 0 Å². The number of benzene rings is 2. The first-order chi connectivity index (χ1) is 8.63. The molecule has 0 aliphatic heterocycles. The van der Waals surface area contributed by atoms with Crippen molar-refractivity contribution in [2.75, 3.05) is 0 Å². The molecule has 0 bridgehead atoms. The molecular formula is C17H18O. The summed E-state index contributed by atoms with van der Waals surface area (Å²) in [6.07, 6.45) is 0.884. The number of ketones is 1. The van der Waals surface area contributed by atoms with Crippen LogP contribution in [-0.4, -0.2) is 5.78 Å². The van der Waals surface area contributed by atoms with Gasteiger partial charge in [-0.25, -0.2) is 0 Å². The quantitative estimate of drug-likeness (QED) is 0.736. The van der Waals surface area contributed by atoms with E-state index in [2.05, 4.69) is 26.8 Å². The van der Waals surface area contributed by atoms with Crippen molar-refractivity contribution in [2.24, 2.45) is 0 Å². The number of hydrogen-bond donors (Lipinski definition) is 0. The fraction of sp³-hybridized carbons (Fsp3) is 0.235. The number of rotatable bonds is 3. The largest absolute Gasteiger partial charge is 0.289 e. The average Bonchev–Trinajstić information content (AvgIpc) is 2.41. The Hall–Kier alpha value is -1.89. The number of carbonyl (C=O) groups is 1. The van der Waals surface area contributed by atoms with Crippen LogP contribution in [0.25, 0.3) is 0 Å². The molecule has 92 valence electrons. The predicted octanol–water partition coefficient (Wildman–Crippen LogP) is 4.10. The monoisotopic (exact) mass is 238 g/mol. The van der Waals surface area contributed by atoms with Crippen LogP contribution in [-0.2, 0) is 6.42 Å². The summed E-state index contributed by atoms with van der Waals surface area (Å²) in [5.74, 6) is 0.121. The molecule has 0 saturated heterocycles. The third kappa shape index (κ3) is 2.35. The van der Waals surface area contributed by atoms with Gasteiger partial charge in [0.15, 0.2) is 5.78 Å². The highest BCUT2D eigenvalue weighted by Crippen LogP contribution is 2.20. The molecule has 0 aliphatic carbocycles. The predicted molar refractivity (Wildman–Crippen MR) is 75.2 cm³/mol. The molecule has 0 N–H and O–H groups in total.